The molecule has 1 saturated carbocycles. The fourth-order valence-electron chi connectivity index (χ4n) is 5.33. The molecule has 1 saturated heterocycles. The van der Waals surface area contributed by atoms with Crippen LogP contribution in [0.2, 0.25) is 0 Å². The molecule has 1 heteroatoms. The third-order valence-electron chi connectivity index (χ3n) is 6.10. The summed E-state index contributed by atoms with van der Waals surface area (Å²) in [5, 5.41) is 0. The summed E-state index contributed by atoms with van der Waals surface area (Å²) in [4.78, 5) is 0. The average molecular weight is 234 g/mol. The van der Waals surface area contributed by atoms with Crippen molar-refractivity contribution >= 4 is 0 Å². The number of rotatable bonds is 0. The van der Waals surface area contributed by atoms with Crippen molar-refractivity contribution in [2.75, 3.05) is 6.61 Å². The SMILES string of the molecule is CC1(C)C=CC[C@@]2(C)[C@H]1CC[C@@]1(C)OCC[C@@H]21. The molecule has 0 aromatic heterocycles. The molecule has 0 aromatic rings. The summed E-state index contributed by atoms with van der Waals surface area (Å²) in [6.45, 7) is 10.7. The van der Waals surface area contributed by atoms with E-state index >= 15 is 0 Å². The number of hydrogen-bond donors (Lipinski definition) is 0. The molecule has 1 nitrogen and oxygen atoms in total. The van der Waals surface area contributed by atoms with Crippen molar-refractivity contribution < 1.29 is 4.74 Å². The Bertz CT molecular complexity index is 357. The number of fused-ring (bicyclic) bond motifs is 3. The van der Waals surface area contributed by atoms with Crippen LogP contribution in [0.15, 0.2) is 12.2 Å². The lowest BCUT2D eigenvalue weighted by atomic mass is 9.47. The molecule has 4 atom stereocenters. The first kappa shape index (κ1) is 11.8. The van der Waals surface area contributed by atoms with Crippen molar-refractivity contribution in [1.29, 1.82) is 0 Å². The van der Waals surface area contributed by atoms with Gasteiger partial charge in [0.2, 0.25) is 0 Å². The maximum atomic E-state index is 6.10. The van der Waals surface area contributed by atoms with Gasteiger partial charge in [-0.05, 0) is 55.3 Å². The fraction of sp³-hybridized carbons (Fsp3) is 0.875. The quantitative estimate of drug-likeness (QED) is 0.571. The minimum atomic E-state index is 0.173. The van der Waals surface area contributed by atoms with E-state index in [4.69, 9.17) is 4.74 Å². The summed E-state index contributed by atoms with van der Waals surface area (Å²) in [5.74, 6) is 1.60. The molecule has 0 bridgehead atoms. The second kappa shape index (κ2) is 3.38. The lowest BCUT2D eigenvalue weighted by Crippen LogP contribution is -2.54. The van der Waals surface area contributed by atoms with Gasteiger partial charge in [0.15, 0.2) is 0 Å². The van der Waals surface area contributed by atoms with E-state index in [0.717, 1.165) is 18.4 Å². The lowest BCUT2D eigenvalue weighted by Gasteiger charge is -2.58. The van der Waals surface area contributed by atoms with E-state index in [1.807, 2.05) is 0 Å². The molecule has 1 heterocycles. The highest BCUT2D eigenvalue weighted by atomic mass is 16.5. The Hall–Kier alpha value is -0.300. The molecule has 3 rings (SSSR count). The van der Waals surface area contributed by atoms with Gasteiger partial charge in [-0.25, -0.2) is 0 Å². The van der Waals surface area contributed by atoms with Crippen LogP contribution in [0.5, 0.6) is 0 Å². The second-order valence-corrected chi connectivity index (χ2v) is 7.53. The van der Waals surface area contributed by atoms with Gasteiger partial charge in [-0.3, -0.25) is 0 Å². The third-order valence-corrected chi connectivity index (χ3v) is 6.10. The van der Waals surface area contributed by atoms with Crippen LogP contribution in [-0.4, -0.2) is 12.2 Å². The minimum absolute atomic E-state index is 0.173. The van der Waals surface area contributed by atoms with E-state index in [0.29, 0.717) is 10.8 Å². The molecule has 96 valence electrons. The molecule has 0 N–H and O–H groups in total. The van der Waals surface area contributed by atoms with Crippen LogP contribution in [0, 0.1) is 22.7 Å². The van der Waals surface area contributed by atoms with Gasteiger partial charge in [0, 0.05) is 6.61 Å². The molecule has 3 aliphatic rings. The van der Waals surface area contributed by atoms with E-state index in [-0.39, 0.29) is 5.60 Å². The van der Waals surface area contributed by atoms with Crippen LogP contribution >= 0.6 is 0 Å². The Kier molecular flexibility index (Phi) is 2.34. The average Bonchev–Trinajstić information content (AvgIpc) is 2.60. The Labute approximate surface area is 106 Å². The van der Waals surface area contributed by atoms with Crippen LogP contribution in [0.25, 0.3) is 0 Å². The summed E-state index contributed by atoms with van der Waals surface area (Å²) in [6, 6.07) is 0. The highest BCUT2D eigenvalue weighted by Crippen LogP contribution is 2.63. The smallest absolute Gasteiger partial charge is 0.0688 e. The summed E-state index contributed by atoms with van der Waals surface area (Å²) < 4.78 is 6.10. The van der Waals surface area contributed by atoms with Crippen LogP contribution in [-0.2, 0) is 4.74 Å². The first-order valence-corrected chi connectivity index (χ1v) is 7.20. The molecule has 0 unspecified atom stereocenters. The predicted octanol–water partition coefficient (Wildman–Crippen LogP) is 4.18. The molecule has 1 aliphatic heterocycles. The summed E-state index contributed by atoms with van der Waals surface area (Å²) in [7, 11) is 0. The highest BCUT2D eigenvalue weighted by molar-refractivity contribution is 5.17. The highest BCUT2D eigenvalue weighted by Gasteiger charge is 2.59. The Morgan fingerprint density at radius 3 is 2.59 bits per heavy atom. The van der Waals surface area contributed by atoms with Crippen LogP contribution in [0.1, 0.15) is 53.4 Å². The zero-order valence-electron chi connectivity index (χ0n) is 11.8. The van der Waals surface area contributed by atoms with Crippen molar-refractivity contribution in [1.82, 2.24) is 0 Å². The first-order valence-electron chi connectivity index (χ1n) is 7.20. The molecular weight excluding hydrogens is 208 g/mol. The van der Waals surface area contributed by atoms with E-state index in [1.165, 1.54) is 25.7 Å². The Morgan fingerprint density at radius 1 is 1.06 bits per heavy atom. The fourth-order valence-corrected chi connectivity index (χ4v) is 5.33. The molecular formula is C16H26O. The Morgan fingerprint density at radius 2 is 1.82 bits per heavy atom. The molecule has 0 spiro atoms. The summed E-state index contributed by atoms with van der Waals surface area (Å²) in [6.07, 6.45) is 10.0. The van der Waals surface area contributed by atoms with Crippen molar-refractivity contribution in [2.45, 2.75) is 59.0 Å². The largest absolute Gasteiger partial charge is 0.375 e. The minimum Gasteiger partial charge on any atom is -0.375 e. The molecule has 0 amide bonds. The number of allylic oxidation sites excluding steroid dienone is 2. The van der Waals surface area contributed by atoms with Gasteiger partial charge in [0.1, 0.15) is 0 Å². The number of hydrogen-bond acceptors (Lipinski definition) is 1. The maximum Gasteiger partial charge on any atom is 0.0688 e. The van der Waals surface area contributed by atoms with Crippen molar-refractivity contribution in [3.63, 3.8) is 0 Å². The molecule has 0 radical (unpaired) electrons. The topological polar surface area (TPSA) is 9.23 Å². The zero-order chi connectivity index (χ0) is 12.3. The van der Waals surface area contributed by atoms with Gasteiger partial charge in [-0.1, -0.05) is 32.9 Å². The van der Waals surface area contributed by atoms with E-state index in [2.05, 4.69) is 39.8 Å². The van der Waals surface area contributed by atoms with Gasteiger partial charge in [-0.15, -0.1) is 0 Å². The maximum absolute atomic E-state index is 6.10. The monoisotopic (exact) mass is 234 g/mol. The van der Waals surface area contributed by atoms with E-state index in [9.17, 15) is 0 Å². The predicted molar refractivity (Wildman–Crippen MR) is 70.8 cm³/mol. The van der Waals surface area contributed by atoms with Crippen molar-refractivity contribution in [3.8, 4) is 0 Å². The zero-order valence-corrected chi connectivity index (χ0v) is 11.8. The van der Waals surface area contributed by atoms with Gasteiger partial charge in [0.05, 0.1) is 5.60 Å². The molecule has 2 fully saturated rings. The van der Waals surface area contributed by atoms with Crippen LogP contribution in [0.4, 0.5) is 0 Å². The van der Waals surface area contributed by atoms with Gasteiger partial charge in [-0.2, -0.15) is 0 Å². The lowest BCUT2D eigenvalue weighted by molar-refractivity contribution is -0.123. The second-order valence-electron chi connectivity index (χ2n) is 7.53. The third kappa shape index (κ3) is 1.47. The summed E-state index contributed by atoms with van der Waals surface area (Å²) in [5.41, 5.74) is 1.01. The molecule has 2 aliphatic carbocycles. The van der Waals surface area contributed by atoms with Crippen molar-refractivity contribution in [2.24, 2.45) is 22.7 Å². The van der Waals surface area contributed by atoms with Gasteiger partial charge >= 0.3 is 0 Å². The molecule has 17 heavy (non-hydrogen) atoms. The van der Waals surface area contributed by atoms with E-state index < -0.39 is 0 Å². The molecule has 0 aromatic carbocycles. The van der Waals surface area contributed by atoms with E-state index in [1.54, 1.807) is 0 Å². The van der Waals surface area contributed by atoms with Gasteiger partial charge < -0.3 is 4.74 Å². The standard InChI is InChI=1S/C16H26O/c1-14(2)8-5-9-15(3)12(14)6-10-16(4)13(15)7-11-17-16/h5,8,12-13H,6-7,9-11H2,1-4H3/t12-,13-,15-,16+/m0/s1. The van der Waals surface area contributed by atoms with Crippen LogP contribution in [0.3, 0.4) is 0 Å². The van der Waals surface area contributed by atoms with Gasteiger partial charge in [0.25, 0.3) is 0 Å². The summed E-state index contributed by atoms with van der Waals surface area (Å²) >= 11 is 0. The van der Waals surface area contributed by atoms with Crippen molar-refractivity contribution in [3.05, 3.63) is 12.2 Å². The number of ether oxygens (including phenoxy) is 1. The first-order chi connectivity index (χ1) is 7.89. The normalized spacial score (nSPS) is 52.0. The van der Waals surface area contributed by atoms with Crippen LogP contribution < -0.4 is 0 Å². The Balaban J connectivity index is 2.02.